The zero-order valence-electron chi connectivity index (χ0n) is 13.9. The van der Waals surface area contributed by atoms with Crippen LogP contribution in [0.15, 0.2) is 28.8 Å². The van der Waals surface area contributed by atoms with Crippen molar-refractivity contribution in [2.24, 2.45) is 0 Å². The van der Waals surface area contributed by atoms with Crippen molar-refractivity contribution in [3.8, 4) is 11.4 Å². The number of benzene rings is 1. The van der Waals surface area contributed by atoms with E-state index in [1.54, 1.807) is 0 Å². The van der Waals surface area contributed by atoms with E-state index in [2.05, 4.69) is 20.4 Å². The second-order valence-corrected chi connectivity index (χ2v) is 5.28. The van der Waals surface area contributed by atoms with E-state index in [9.17, 15) is 18.0 Å². The minimum Gasteiger partial charge on any atom is -0.347 e. The number of nitrogens with zero attached hydrogens (tertiary/aromatic N) is 3. The molecule has 25 heavy (non-hydrogen) atoms. The van der Waals surface area contributed by atoms with Gasteiger partial charge in [0.2, 0.25) is 5.82 Å². The smallest absolute Gasteiger partial charge is 0.347 e. The van der Waals surface area contributed by atoms with Gasteiger partial charge < -0.3 is 14.7 Å². The van der Waals surface area contributed by atoms with E-state index in [1.807, 2.05) is 13.8 Å². The summed E-state index contributed by atoms with van der Waals surface area (Å²) in [6.07, 6.45) is -4.41. The Balaban J connectivity index is 1.98. The van der Waals surface area contributed by atoms with Gasteiger partial charge in [-0.05, 0) is 25.2 Å². The molecule has 1 aromatic heterocycles. The monoisotopic (exact) mass is 356 g/mol. The molecular formula is C16H19F3N4O2. The number of carbonyl (C=O) groups is 1. The topological polar surface area (TPSA) is 71.3 Å². The third kappa shape index (κ3) is 5.02. The van der Waals surface area contributed by atoms with Gasteiger partial charge in [0.1, 0.15) is 0 Å². The van der Waals surface area contributed by atoms with Crippen molar-refractivity contribution in [1.29, 1.82) is 0 Å². The molecule has 0 fully saturated rings. The van der Waals surface area contributed by atoms with E-state index in [0.29, 0.717) is 18.7 Å². The molecule has 0 radical (unpaired) electrons. The standard InChI is InChI=1S/C16H19F3N4O2/c1-3-23(4-2)10-9-20-14(24)15-21-13(22-25-15)11-5-7-12(8-6-11)16(17,18)19/h5-8H,3-4,9-10H2,1-2H3,(H,20,24). The highest BCUT2D eigenvalue weighted by Crippen LogP contribution is 2.30. The van der Waals surface area contributed by atoms with Gasteiger partial charge in [0.05, 0.1) is 5.56 Å². The highest BCUT2D eigenvalue weighted by Gasteiger charge is 2.30. The van der Waals surface area contributed by atoms with Gasteiger partial charge in [-0.25, -0.2) is 0 Å². The second-order valence-electron chi connectivity index (χ2n) is 5.28. The lowest BCUT2D eigenvalue weighted by Crippen LogP contribution is -2.34. The highest BCUT2D eigenvalue weighted by atomic mass is 19.4. The first kappa shape index (κ1) is 18.9. The molecule has 1 amide bonds. The van der Waals surface area contributed by atoms with Crippen molar-refractivity contribution in [3.05, 3.63) is 35.7 Å². The van der Waals surface area contributed by atoms with Crippen LogP contribution in [0.5, 0.6) is 0 Å². The lowest BCUT2D eigenvalue weighted by molar-refractivity contribution is -0.137. The van der Waals surface area contributed by atoms with Gasteiger partial charge in [-0.1, -0.05) is 31.1 Å². The summed E-state index contributed by atoms with van der Waals surface area (Å²) in [4.78, 5) is 18.0. The number of halogens is 3. The van der Waals surface area contributed by atoms with Crippen LogP contribution in [-0.4, -0.2) is 47.1 Å². The maximum atomic E-state index is 12.6. The number of alkyl halides is 3. The molecule has 0 spiro atoms. The van der Waals surface area contributed by atoms with Crippen LogP contribution in [0.4, 0.5) is 13.2 Å². The van der Waals surface area contributed by atoms with Crippen LogP contribution in [0.1, 0.15) is 30.1 Å². The van der Waals surface area contributed by atoms with E-state index in [4.69, 9.17) is 4.52 Å². The molecule has 0 saturated carbocycles. The SMILES string of the molecule is CCN(CC)CCNC(=O)c1nc(-c2ccc(C(F)(F)F)cc2)no1. The van der Waals surface area contributed by atoms with Gasteiger partial charge in [0, 0.05) is 18.7 Å². The molecule has 0 aliphatic heterocycles. The first-order chi connectivity index (χ1) is 11.8. The molecule has 0 aliphatic carbocycles. The van der Waals surface area contributed by atoms with Crippen molar-refractivity contribution in [2.75, 3.05) is 26.2 Å². The number of carbonyl (C=O) groups excluding carboxylic acids is 1. The molecule has 2 aromatic rings. The molecule has 2 rings (SSSR count). The van der Waals surface area contributed by atoms with Crippen molar-refractivity contribution in [2.45, 2.75) is 20.0 Å². The summed E-state index contributed by atoms with van der Waals surface area (Å²) < 4.78 is 42.5. The first-order valence-electron chi connectivity index (χ1n) is 7.87. The predicted molar refractivity (Wildman–Crippen MR) is 84.9 cm³/mol. The van der Waals surface area contributed by atoms with Crippen LogP contribution in [0.3, 0.4) is 0 Å². The fraction of sp³-hybridized carbons (Fsp3) is 0.438. The first-order valence-corrected chi connectivity index (χ1v) is 7.87. The van der Waals surface area contributed by atoms with Crippen LogP contribution < -0.4 is 5.32 Å². The van der Waals surface area contributed by atoms with Gasteiger partial charge in [0.25, 0.3) is 0 Å². The molecule has 0 atom stereocenters. The quantitative estimate of drug-likeness (QED) is 0.826. The lowest BCUT2D eigenvalue weighted by atomic mass is 10.1. The van der Waals surface area contributed by atoms with Crippen molar-refractivity contribution < 1.29 is 22.5 Å². The van der Waals surface area contributed by atoms with Crippen LogP contribution in [0.25, 0.3) is 11.4 Å². The highest BCUT2D eigenvalue weighted by molar-refractivity contribution is 5.89. The third-order valence-corrected chi connectivity index (χ3v) is 3.70. The number of rotatable bonds is 7. The Kier molecular flexibility index (Phi) is 6.13. The van der Waals surface area contributed by atoms with Crippen molar-refractivity contribution in [1.82, 2.24) is 20.4 Å². The minimum atomic E-state index is -4.41. The Labute approximate surface area is 143 Å². The van der Waals surface area contributed by atoms with Gasteiger partial charge >= 0.3 is 18.0 Å². The Morgan fingerprint density at radius 1 is 1.20 bits per heavy atom. The summed E-state index contributed by atoms with van der Waals surface area (Å²) in [5.74, 6) is -0.685. The number of hydrogen-bond donors (Lipinski definition) is 1. The summed E-state index contributed by atoms with van der Waals surface area (Å²) in [6, 6.07) is 4.32. The van der Waals surface area contributed by atoms with E-state index < -0.39 is 17.6 Å². The molecule has 9 heteroatoms. The van der Waals surface area contributed by atoms with E-state index in [-0.39, 0.29) is 11.7 Å². The number of likely N-dealkylation sites (N-methyl/N-ethyl adjacent to an activating group) is 1. The Hall–Kier alpha value is -2.42. The van der Waals surface area contributed by atoms with Crippen molar-refractivity contribution >= 4 is 5.91 Å². The van der Waals surface area contributed by atoms with Crippen LogP contribution >= 0.6 is 0 Å². The molecule has 0 bridgehead atoms. The average molecular weight is 356 g/mol. The fourth-order valence-electron chi connectivity index (χ4n) is 2.18. The zero-order valence-corrected chi connectivity index (χ0v) is 13.9. The molecule has 1 N–H and O–H groups in total. The van der Waals surface area contributed by atoms with Crippen molar-refractivity contribution in [3.63, 3.8) is 0 Å². The predicted octanol–water partition coefficient (Wildman–Crippen LogP) is 2.83. The number of aromatic nitrogens is 2. The lowest BCUT2D eigenvalue weighted by Gasteiger charge is -2.17. The van der Waals surface area contributed by atoms with E-state index >= 15 is 0 Å². The second kappa shape index (κ2) is 8.11. The molecule has 1 heterocycles. The molecule has 0 unspecified atom stereocenters. The van der Waals surface area contributed by atoms with E-state index in [1.165, 1.54) is 12.1 Å². The maximum absolute atomic E-state index is 12.6. The summed E-state index contributed by atoms with van der Waals surface area (Å²) >= 11 is 0. The largest absolute Gasteiger partial charge is 0.416 e. The van der Waals surface area contributed by atoms with Gasteiger partial charge in [-0.3, -0.25) is 4.79 Å². The molecule has 6 nitrogen and oxygen atoms in total. The summed E-state index contributed by atoms with van der Waals surface area (Å²) in [5.41, 5.74) is -0.437. The number of hydrogen-bond acceptors (Lipinski definition) is 5. The molecule has 136 valence electrons. The Morgan fingerprint density at radius 2 is 1.84 bits per heavy atom. The Bertz CT molecular complexity index is 694. The molecule has 0 saturated heterocycles. The summed E-state index contributed by atoms with van der Waals surface area (Å²) in [6.45, 7) is 6.94. The fourth-order valence-corrected chi connectivity index (χ4v) is 2.18. The average Bonchev–Trinajstić information content (AvgIpc) is 3.08. The molecule has 1 aromatic carbocycles. The minimum absolute atomic E-state index is 0.0580. The summed E-state index contributed by atoms with van der Waals surface area (Å²) in [5, 5.41) is 6.30. The third-order valence-electron chi connectivity index (χ3n) is 3.70. The summed E-state index contributed by atoms with van der Waals surface area (Å²) in [7, 11) is 0. The van der Waals surface area contributed by atoms with Crippen LogP contribution in [-0.2, 0) is 6.18 Å². The Morgan fingerprint density at radius 3 is 2.40 bits per heavy atom. The zero-order chi connectivity index (χ0) is 18.4. The number of amides is 1. The van der Waals surface area contributed by atoms with Crippen LogP contribution in [0.2, 0.25) is 0 Å². The number of nitrogens with one attached hydrogen (secondary N) is 1. The van der Waals surface area contributed by atoms with Gasteiger partial charge in [-0.2, -0.15) is 18.2 Å². The molecule has 0 aliphatic rings. The maximum Gasteiger partial charge on any atom is 0.416 e. The normalized spacial score (nSPS) is 11.8. The van der Waals surface area contributed by atoms with Gasteiger partial charge in [-0.15, -0.1) is 0 Å². The molecular weight excluding hydrogens is 337 g/mol. The van der Waals surface area contributed by atoms with E-state index in [0.717, 1.165) is 25.2 Å². The van der Waals surface area contributed by atoms with Gasteiger partial charge in [0.15, 0.2) is 0 Å². The van der Waals surface area contributed by atoms with Crippen LogP contribution in [0, 0.1) is 0 Å².